The van der Waals surface area contributed by atoms with Crippen molar-refractivity contribution in [2.75, 3.05) is 10.6 Å². The summed E-state index contributed by atoms with van der Waals surface area (Å²) in [6.07, 6.45) is 1.77. The topological polar surface area (TPSA) is 128 Å². The molecule has 0 bridgehead atoms. The van der Waals surface area contributed by atoms with Gasteiger partial charge in [0.1, 0.15) is 0 Å². The maximum atomic E-state index is 12.4. The van der Waals surface area contributed by atoms with Gasteiger partial charge in [0.05, 0.1) is 0 Å². The Morgan fingerprint density at radius 3 is 2.35 bits per heavy atom. The number of rotatable bonds is 6. The summed E-state index contributed by atoms with van der Waals surface area (Å²) in [5.74, 6) is -1.50. The SMILES string of the molecule is CCC(=CC(=O)O)c1ccc(NC(=O)c2cccc(NC(=N)N)c2)cc1. The van der Waals surface area contributed by atoms with Gasteiger partial charge in [0, 0.05) is 23.0 Å². The number of carbonyl (C=O) groups is 2. The lowest BCUT2D eigenvalue weighted by atomic mass is 10.0. The first-order valence-electron chi connectivity index (χ1n) is 7.95. The molecule has 2 aromatic carbocycles. The summed E-state index contributed by atoms with van der Waals surface area (Å²) < 4.78 is 0. The van der Waals surface area contributed by atoms with E-state index < -0.39 is 5.97 Å². The predicted octanol–water partition coefficient (Wildman–Crippen LogP) is 3.12. The molecular formula is C19H20N4O3. The average Bonchev–Trinajstić information content (AvgIpc) is 2.60. The molecule has 0 aliphatic rings. The highest BCUT2D eigenvalue weighted by Crippen LogP contribution is 2.21. The highest BCUT2D eigenvalue weighted by Gasteiger charge is 2.08. The molecule has 0 unspecified atom stereocenters. The van der Waals surface area contributed by atoms with E-state index >= 15 is 0 Å². The summed E-state index contributed by atoms with van der Waals surface area (Å²) in [6.45, 7) is 1.88. The molecule has 0 aliphatic heterocycles. The molecule has 0 radical (unpaired) electrons. The normalized spacial score (nSPS) is 10.9. The smallest absolute Gasteiger partial charge is 0.328 e. The minimum Gasteiger partial charge on any atom is -0.478 e. The van der Waals surface area contributed by atoms with Crippen molar-refractivity contribution in [2.45, 2.75) is 13.3 Å². The van der Waals surface area contributed by atoms with Gasteiger partial charge in [-0.15, -0.1) is 0 Å². The second-order valence-corrected chi connectivity index (χ2v) is 5.51. The third-order valence-corrected chi connectivity index (χ3v) is 3.60. The molecule has 0 aromatic heterocycles. The van der Waals surface area contributed by atoms with E-state index in [1.165, 1.54) is 6.08 Å². The lowest BCUT2D eigenvalue weighted by Gasteiger charge is -2.09. The number of carboxylic acids is 1. The van der Waals surface area contributed by atoms with Gasteiger partial charge in [-0.3, -0.25) is 10.2 Å². The molecule has 7 heteroatoms. The zero-order chi connectivity index (χ0) is 19.1. The van der Waals surface area contributed by atoms with Gasteiger partial charge in [0.2, 0.25) is 0 Å². The Kier molecular flexibility index (Phi) is 6.10. The van der Waals surface area contributed by atoms with Crippen LogP contribution in [0.2, 0.25) is 0 Å². The zero-order valence-corrected chi connectivity index (χ0v) is 14.2. The Morgan fingerprint density at radius 1 is 1.08 bits per heavy atom. The third kappa shape index (κ3) is 5.20. The van der Waals surface area contributed by atoms with Crippen LogP contribution in [-0.4, -0.2) is 22.9 Å². The molecule has 7 nitrogen and oxygen atoms in total. The fourth-order valence-electron chi connectivity index (χ4n) is 2.40. The molecule has 2 rings (SSSR count). The molecule has 0 atom stereocenters. The van der Waals surface area contributed by atoms with E-state index in [1.807, 2.05) is 6.92 Å². The number of aliphatic carboxylic acids is 1. The number of guanidine groups is 1. The van der Waals surface area contributed by atoms with Crippen LogP contribution < -0.4 is 16.4 Å². The molecule has 134 valence electrons. The fourth-order valence-corrected chi connectivity index (χ4v) is 2.40. The molecule has 6 N–H and O–H groups in total. The number of nitrogens with two attached hydrogens (primary N) is 1. The first-order chi connectivity index (χ1) is 12.4. The van der Waals surface area contributed by atoms with Crippen LogP contribution in [0.25, 0.3) is 5.57 Å². The minimum absolute atomic E-state index is 0.209. The zero-order valence-electron chi connectivity index (χ0n) is 14.2. The number of hydrogen-bond donors (Lipinski definition) is 5. The van der Waals surface area contributed by atoms with Gasteiger partial charge in [-0.1, -0.05) is 25.1 Å². The molecule has 0 fully saturated rings. The number of nitrogens with one attached hydrogen (secondary N) is 3. The average molecular weight is 352 g/mol. The van der Waals surface area contributed by atoms with E-state index in [4.69, 9.17) is 16.2 Å². The Balaban J connectivity index is 2.12. The molecule has 0 saturated carbocycles. The Morgan fingerprint density at radius 2 is 1.77 bits per heavy atom. The molecule has 2 aromatic rings. The maximum absolute atomic E-state index is 12.4. The van der Waals surface area contributed by atoms with Crippen molar-refractivity contribution in [3.8, 4) is 0 Å². The van der Waals surface area contributed by atoms with Gasteiger partial charge in [0.15, 0.2) is 5.96 Å². The quantitative estimate of drug-likeness (QED) is 0.310. The van der Waals surface area contributed by atoms with Crippen molar-refractivity contribution < 1.29 is 14.7 Å². The summed E-state index contributed by atoms with van der Waals surface area (Å²) in [5, 5.41) is 21.5. The van der Waals surface area contributed by atoms with E-state index in [2.05, 4.69) is 10.6 Å². The van der Waals surface area contributed by atoms with Gasteiger partial charge in [-0.2, -0.15) is 0 Å². The monoisotopic (exact) mass is 352 g/mol. The van der Waals surface area contributed by atoms with Crippen molar-refractivity contribution in [3.05, 3.63) is 65.7 Å². The lowest BCUT2D eigenvalue weighted by molar-refractivity contribution is -0.131. The number of amides is 1. The highest BCUT2D eigenvalue weighted by atomic mass is 16.4. The van der Waals surface area contributed by atoms with Gasteiger partial charge in [-0.05, 0) is 47.9 Å². The van der Waals surface area contributed by atoms with Gasteiger partial charge >= 0.3 is 5.97 Å². The van der Waals surface area contributed by atoms with E-state index in [-0.39, 0.29) is 11.9 Å². The largest absolute Gasteiger partial charge is 0.478 e. The van der Waals surface area contributed by atoms with Crippen molar-refractivity contribution in [2.24, 2.45) is 5.73 Å². The minimum atomic E-state index is -0.988. The summed E-state index contributed by atoms with van der Waals surface area (Å²) in [4.78, 5) is 23.2. The first-order valence-corrected chi connectivity index (χ1v) is 7.95. The van der Waals surface area contributed by atoms with Crippen LogP contribution >= 0.6 is 0 Å². The lowest BCUT2D eigenvalue weighted by Crippen LogP contribution is -2.20. The summed E-state index contributed by atoms with van der Waals surface area (Å²) in [7, 11) is 0. The number of carbonyl (C=O) groups excluding carboxylic acids is 1. The number of carboxylic acid groups (broad SMARTS) is 1. The molecule has 0 aliphatic carbocycles. The summed E-state index contributed by atoms with van der Waals surface area (Å²) in [6, 6.07) is 13.6. The van der Waals surface area contributed by atoms with E-state index in [0.29, 0.717) is 28.9 Å². The van der Waals surface area contributed by atoms with Crippen LogP contribution in [0.1, 0.15) is 29.3 Å². The molecule has 0 heterocycles. The van der Waals surface area contributed by atoms with Crippen molar-refractivity contribution >= 4 is 34.8 Å². The Hall–Kier alpha value is -3.61. The van der Waals surface area contributed by atoms with Gasteiger partial charge < -0.3 is 21.5 Å². The standard InChI is InChI=1S/C19H20N4O3/c1-2-12(11-17(24)25)13-6-8-15(9-7-13)22-18(26)14-4-3-5-16(10-14)23-19(20)21/h3-11H,2H2,1H3,(H,22,26)(H,24,25)(H4,20,21,23). The second kappa shape index (κ2) is 8.48. The summed E-state index contributed by atoms with van der Waals surface area (Å²) in [5.41, 5.74) is 8.34. The number of hydrogen-bond acceptors (Lipinski definition) is 3. The Bertz CT molecular complexity index is 857. The van der Waals surface area contributed by atoms with Crippen LogP contribution in [0.3, 0.4) is 0 Å². The summed E-state index contributed by atoms with van der Waals surface area (Å²) >= 11 is 0. The predicted molar refractivity (Wildman–Crippen MR) is 102 cm³/mol. The number of allylic oxidation sites excluding steroid dienone is 1. The van der Waals surface area contributed by atoms with Crippen LogP contribution in [0.15, 0.2) is 54.6 Å². The molecule has 1 amide bonds. The van der Waals surface area contributed by atoms with Crippen LogP contribution in [0, 0.1) is 5.41 Å². The molecule has 0 saturated heterocycles. The number of anilines is 2. The van der Waals surface area contributed by atoms with Crippen LogP contribution in [0.5, 0.6) is 0 Å². The fraction of sp³-hybridized carbons (Fsp3) is 0.105. The third-order valence-electron chi connectivity index (χ3n) is 3.60. The first kappa shape index (κ1) is 18.7. The molecular weight excluding hydrogens is 332 g/mol. The Labute approximate surface area is 151 Å². The van der Waals surface area contributed by atoms with Crippen molar-refractivity contribution in [1.29, 1.82) is 5.41 Å². The van der Waals surface area contributed by atoms with E-state index in [1.54, 1.807) is 48.5 Å². The van der Waals surface area contributed by atoms with Crippen molar-refractivity contribution in [3.63, 3.8) is 0 Å². The molecule has 26 heavy (non-hydrogen) atoms. The van der Waals surface area contributed by atoms with Crippen LogP contribution in [0.4, 0.5) is 11.4 Å². The second-order valence-electron chi connectivity index (χ2n) is 5.51. The van der Waals surface area contributed by atoms with E-state index in [9.17, 15) is 9.59 Å². The number of benzene rings is 2. The maximum Gasteiger partial charge on any atom is 0.328 e. The van der Waals surface area contributed by atoms with Crippen LogP contribution in [-0.2, 0) is 4.79 Å². The van der Waals surface area contributed by atoms with Crippen molar-refractivity contribution in [1.82, 2.24) is 0 Å². The van der Waals surface area contributed by atoms with E-state index in [0.717, 1.165) is 5.56 Å². The highest BCUT2D eigenvalue weighted by molar-refractivity contribution is 6.05. The molecule has 0 spiro atoms. The van der Waals surface area contributed by atoms with Gasteiger partial charge in [-0.25, -0.2) is 4.79 Å². The van der Waals surface area contributed by atoms with Gasteiger partial charge in [0.25, 0.3) is 5.91 Å².